The lowest BCUT2D eigenvalue weighted by Crippen LogP contribution is -2.31. The van der Waals surface area contributed by atoms with Crippen molar-refractivity contribution < 1.29 is 9.59 Å². The summed E-state index contributed by atoms with van der Waals surface area (Å²) in [5.41, 5.74) is 2.64. The second kappa shape index (κ2) is 7.79. The van der Waals surface area contributed by atoms with Gasteiger partial charge in [0.25, 0.3) is 0 Å². The lowest BCUT2D eigenvalue weighted by molar-refractivity contribution is -0.116. The standard InChI is InChI=1S/C18H18N4O2/c1-12(18(24)22-17-5-3-14(11-19)4-6-17)20-15-7-9-16(10-8-15)21-13(2)23/h3-10,12,20H,1-2H3,(H,21,23)(H,22,24)/t12-/m1/s1. The molecule has 0 saturated heterocycles. The molecule has 0 aliphatic heterocycles. The first-order valence-electron chi connectivity index (χ1n) is 7.43. The molecule has 6 heteroatoms. The summed E-state index contributed by atoms with van der Waals surface area (Å²) in [5.74, 6) is -0.323. The van der Waals surface area contributed by atoms with Gasteiger partial charge in [-0.25, -0.2) is 0 Å². The van der Waals surface area contributed by atoms with Crippen molar-refractivity contribution in [1.29, 1.82) is 5.26 Å². The summed E-state index contributed by atoms with van der Waals surface area (Å²) in [7, 11) is 0. The van der Waals surface area contributed by atoms with Crippen LogP contribution in [-0.4, -0.2) is 17.9 Å². The Bertz CT molecular complexity index is 761. The number of nitrogens with one attached hydrogen (secondary N) is 3. The summed E-state index contributed by atoms with van der Waals surface area (Å²) >= 11 is 0. The van der Waals surface area contributed by atoms with Crippen LogP contribution in [0.5, 0.6) is 0 Å². The van der Waals surface area contributed by atoms with Gasteiger partial charge in [-0.05, 0) is 55.5 Å². The van der Waals surface area contributed by atoms with Crippen LogP contribution in [0.25, 0.3) is 0 Å². The number of hydrogen-bond acceptors (Lipinski definition) is 4. The van der Waals surface area contributed by atoms with Gasteiger partial charge in [0.05, 0.1) is 11.6 Å². The SMILES string of the molecule is CC(=O)Nc1ccc(N[C@H](C)C(=O)Nc2ccc(C#N)cc2)cc1. The minimum atomic E-state index is -0.452. The Labute approximate surface area is 140 Å². The van der Waals surface area contributed by atoms with Gasteiger partial charge in [-0.15, -0.1) is 0 Å². The van der Waals surface area contributed by atoms with E-state index < -0.39 is 6.04 Å². The van der Waals surface area contributed by atoms with Crippen LogP contribution in [0.2, 0.25) is 0 Å². The van der Waals surface area contributed by atoms with Crippen LogP contribution in [0.3, 0.4) is 0 Å². The van der Waals surface area contributed by atoms with Crippen molar-refractivity contribution in [3.63, 3.8) is 0 Å². The van der Waals surface area contributed by atoms with Crippen molar-refractivity contribution >= 4 is 28.9 Å². The highest BCUT2D eigenvalue weighted by atomic mass is 16.2. The van der Waals surface area contributed by atoms with Gasteiger partial charge < -0.3 is 16.0 Å². The monoisotopic (exact) mass is 322 g/mol. The molecule has 0 unspecified atom stereocenters. The van der Waals surface area contributed by atoms with Crippen molar-refractivity contribution in [3.05, 3.63) is 54.1 Å². The Morgan fingerprint density at radius 2 is 1.42 bits per heavy atom. The maximum absolute atomic E-state index is 12.2. The normalized spacial score (nSPS) is 11.0. The summed E-state index contributed by atoms with van der Waals surface area (Å²) in [6, 6.07) is 15.3. The van der Waals surface area contributed by atoms with Crippen molar-refractivity contribution in [2.24, 2.45) is 0 Å². The van der Waals surface area contributed by atoms with E-state index in [9.17, 15) is 9.59 Å². The minimum absolute atomic E-state index is 0.133. The van der Waals surface area contributed by atoms with E-state index >= 15 is 0 Å². The summed E-state index contributed by atoms with van der Waals surface area (Å²) in [6.45, 7) is 3.20. The predicted octanol–water partition coefficient (Wildman–Crippen LogP) is 2.96. The molecular weight excluding hydrogens is 304 g/mol. The maximum atomic E-state index is 12.2. The first-order chi connectivity index (χ1) is 11.5. The maximum Gasteiger partial charge on any atom is 0.246 e. The lowest BCUT2D eigenvalue weighted by atomic mass is 10.2. The van der Waals surface area contributed by atoms with Gasteiger partial charge in [0, 0.05) is 24.0 Å². The number of carbonyl (C=O) groups excluding carboxylic acids is 2. The zero-order chi connectivity index (χ0) is 17.5. The van der Waals surface area contributed by atoms with Crippen LogP contribution in [0, 0.1) is 11.3 Å². The third kappa shape index (κ3) is 4.85. The fourth-order valence-electron chi connectivity index (χ4n) is 2.05. The van der Waals surface area contributed by atoms with Gasteiger partial charge in [-0.2, -0.15) is 5.26 Å². The summed E-state index contributed by atoms with van der Waals surface area (Å²) in [5, 5.41) is 17.3. The van der Waals surface area contributed by atoms with Crippen LogP contribution in [0.4, 0.5) is 17.1 Å². The molecule has 2 aromatic rings. The molecule has 2 amide bonds. The molecule has 0 saturated carbocycles. The zero-order valence-electron chi connectivity index (χ0n) is 13.5. The Balaban J connectivity index is 1.93. The lowest BCUT2D eigenvalue weighted by Gasteiger charge is -2.15. The second-order valence-electron chi connectivity index (χ2n) is 5.30. The molecule has 2 rings (SSSR count). The molecular formula is C18H18N4O2. The number of nitrogens with zero attached hydrogens (tertiary/aromatic N) is 1. The first kappa shape index (κ1) is 17.0. The van der Waals surface area contributed by atoms with E-state index in [4.69, 9.17) is 5.26 Å². The Morgan fingerprint density at radius 3 is 1.96 bits per heavy atom. The molecule has 0 bridgehead atoms. The molecule has 0 aliphatic carbocycles. The van der Waals surface area contributed by atoms with Gasteiger partial charge in [0.2, 0.25) is 11.8 Å². The van der Waals surface area contributed by atoms with E-state index in [2.05, 4.69) is 16.0 Å². The molecule has 2 aromatic carbocycles. The Kier molecular flexibility index (Phi) is 5.53. The van der Waals surface area contributed by atoms with Crippen molar-refractivity contribution in [2.45, 2.75) is 19.9 Å². The van der Waals surface area contributed by atoms with Gasteiger partial charge in [0.15, 0.2) is 0 Å². The number of amides is 2. The molecule has 0 heterocycles. The van der Waals surface area contributed by atoms with Gasteiger partial charge >= 0.3 is 0 Å². The van der Waals surface area contributed by atoms with E-state index in [1.807, 2.05) is 6.07 Å². The fourth-order valence-corrected chi connectivity index (χ4v) is 2.05. The number of benzene rings is 2. The molecule has 1 atom stereocenters. The third-order valence-electron chi connectivity index (χ3n) is 3.26. The zero-order valence-corrected chi connectivity index (χ0v) is 13.5. The Hall–Kier alpha value is -3.33. The van der Waals surface area contributed by atoms with E-state index in [1.165, 1.54) is 6.92 Å². The van der Waals surface area contributed by atoms with Crippen LogP contribution in [0.15, 0.2) is 48.5 Å². The van der Waals surface area contributed by atoms with Crippen LogP contribution in [0.1, 0.15) is 19.4 Å². The summed E-state index contributed by atoms with van der Waals surface area (Å²) in [6.07, 6.45) is 0. The van der Waals surface area contributed by atoms with E-state index in [0.717, 1.165) is 5.69 Å². The minimum Gasteiger partial charge on any atom is -0.374 e. The third-order valence-corrected chi connectivity index (χ3v) is 3.26. The van der Waals surface area contributed by atoms with Crippen molar-refractivity contribution in [3.8, 4) is 6.07 Å². The van der Waals surface area contributed by atoms with Crippen molar-refractivity contribution in [2.75, 3.05) is 16.0 Å². The average molecular weight is 322 g/mol. The molecule has 24 heavy (non-hydrogen) atoms. The van der Waals surface area contributed by atoms with E-state index in [-0.39, 0.29) is 11.8 Å². The number of nitriles is 1. The summed E-state index contributed by atoms with van der Waals surface area (Å²) in [4.78, 5) is 23.2. The quantitative estimate of drug-likeness (QED) is 0.789. The van der Waals surface area contributed by atoms with Crippen LogP contribution < -0.4 is 16.0 Å². The molecule has 0 aliphatic rings. The number of hydrogen-bond donors (Lipinski definition) is 3. The second-order valence-corrected chi connectivity index (χ2v) is 5.30. The topological polar surface area (TPSA) is 94.0 Å². The van der Waals surface area contributed by atoms with Crippen molar-refractivity contribution in [1.82, 2.24) is 0 Å². The molecule has 122 valence electrons. The van der Waals surface area contributed by atoms with E-state index in [0.29, 0.717) is 16.9 Å². The van der Waals surface area contributed by atoms with Gasteiger partial charge in [-0.1, -0.05) is 0 Å². The molecule has 0 fully saturated rings. The van der Waals surface area contributed by atoms with Crippen LogP contribution >= 0.6 is 0 Å². The Morgan fingerprint density at radius 1 is 0.917 bits per heavy atom. The van der Waals surface area contributed by atoms with Gasteiger partial charge in [-0.3, -0.25) is 9.59 Å². The molecule has 6 nitrogen and oxygen atoms in total. The number of anilines is 3. The average Bonchev–Trinajstić information content (AvgIpc) is 2.56. The molecule has 0 aromatic heterocycles. The molecule has 0 radical (unpaired) electrons. The number of carbonyl (C=O) groups is 2. The van der Waals surface area contributed by atoms with Gasteiger partial charge in [0.1, 0.15) is 6.04 Å². The first-order valence-corrected chi connectivity index (χ1v) is 7.43. The molecule has 0 spiro atoms. The summed E-state index contributed by atoms with van der Waals surface area (Å²) < 4.78 is 0. The van der Waals surface area contributed by atoms with E-state index in [1.54, 1.807) is 55.5 Å². The number of rotatable bonds is 5. The smallest absolute Gasteiger partial charge is 0.246 e. The highest BCUT2D eigenvalue weighted by molar-refractivity contribution is 5.96. The highest BCUT2D eigenvalue weighted by Crippen LogP contribution is 2.15. The fraction of sp³-hybridized carbons (Fsp3) is 0.167. The molecule has 3 N–H and O–H groups in total. The van der Waals surface area contributed by atoms with Crippen LogP contribution in [-0.2, 0) is 9.59 Å². The largest absolute Gasteiger partial charge is 0.374 e. The predicted molar refractivity (Wildman–Crippen MR) is 93.6 cm³/mol. The highest BCUT2D eigenvalue weighted by Gasteiger charge is 2.12.